The monoisotopic (exact) mass is 199 g/mol. The molecule has 0 aliphatic carbocycles. The fraction of sp³-hybridized carbons (Fsp3) is 1.00. The standard InChI is InChI=1S/C6H11F2NO2S/c7-6(8)5(9)4-1-2-12(10,11)3-4/h4-6H,1-3,9H2. The van der Waals surface area contributed by atoms with Crippen LogP contribution < -0.4 is 5.73 Å². The molecule has 0 aromatic rings. The van der Waals surface area contributed by atoms with Gasteiger partial charge in [-0.05, 0) is 12.3 Å². The molecule has 0 amide bonds. The Labute approximate surface area is 69.9 Å². The first kappa shape index (κ1) is 9.85. The van der Waals surface area contributed by atoms with Crippen LogP contribution in [0.15, 0.2) is 0 Å². The number of nitrogens with two attached hydrogens (primary N) is 1. The van der Waals surface area contributed by atoms with Crippen molar-refractivity contribution >= 4 is 9.84 Å². The zero-order chi connectivity index (χ0) is 9.35. The summed E-state index contributed by atoms with van der Waals surface area (Å²) in [7, 11) is -3.09. The van der Waals surface area contributed by atoms with Crippen molar-refractivity contribution in [2.75, 3.05) is 11.5 Å². The SMILES string of the molecule is NC(C(F)F)C1CCS(=O)(=O)C1. The molecule has 3 nitrogen and oxygen atoms in total. The molecule has 0 spiro atoms. The topological polar surface area (TPSA) is 60.2 Å². The van der Waals surface area contributed by atoms with Gasteiger partial charge in [-0.3, -0.25) is 0 Å². The van der Waals surface area contributed by atoms with E-state index in [1.165, 1.54) is 0 Å². The van der Waals surface area contributed by atoms with E-state index >= 15 is 0 Å². The lowest BCUT2D eigenvalue weighted by Gasteiger charge is -2.15. The van der Waals surface area contributed by atoms with Crippen molar-refractivity contribution in [3.63, 3.8) is 0 Å². The summed E-state index contributed by atoms with van der Waals surface area (Å²) in [5.41, 5.74) is 5.13. The molecule has 1 heterocycles. The molecule has 1 saturated heterocycles. The van der Waals surface area contributed by atoms with Crippen LogP contribution in [0, 0.1) is 5.92 Å². The normalized spacial score (nSPS) is 30.8. The van der Waals surface area contributed by atoms with Gasteiger partial charge in [-0.25, -0.2) is 17.2 Å². The fourth-order valence-electron chi connectivity index (χ4n) is 1.33. The zero-order valence-corrected chi connectivity index (χ0v) is 7.23. The Morgan fingerprint density at radius 1 is 1.42 bits per heavy atom. The predicted octanol–water partition coefficient (Wildman–Crippen LogP) is 0.0135. The molecule has 0 radical (unpaired) electrons. The summed E-state index contributed by atoms with van der Waals surface area (Å²) >= 11 is 0. The molecule has 0 bridgehead atoms. The van der Waals surface area contributed by atoms with Crippen LogP contribution in [0.25, 0.3) is 0 Å². The third-order valence-electron chi connectivity index (χ3n) is 2.10. The third-order valence-corrected chi connectivity index (χ3v) is 3.90. The number of sulfone groups is 1. The Morgan fingerprint density at radius 3 is 2.33 bits per heavy atom. The lowest BCUT2D eigenvalue weighted by Crippen LogP contribution is -2.37. The molecule has 2 atom stereocenters. The van der Waals surface area contributed by atoms with Crippen LogP contribution in [0.2, 0.25) is 0 Å². The average molecular weight is 199 g/mol. The number of halogens is 2. The van der Waals surface area contributed by atoms with Crippen LogP contribution in [-0.4, -0.2) is 32.4 Å². The summed E-state index contributed by atoms with van der Waals surface area (Å²) in [5, 5.41) is 0. The van der Waals surface area contributed by atoms with E-state index in [0.29, 0.717) is 0 Å². The van der Waals surface area contributed by atoms with Gasteiger partial charge in [0.1, 0.15) is 0 Å². The molecular weight excluding hydrogens is 188 g/mol. The summed E-state index contributed by atoms with van der Waals surface area (Å²) in [4.78, 5) is 0. The lowest BCUT2D eigenvalue weighted by molar-refractivity contribution is 0.0937. The lowest BCUT2D eigenvalue weighted by atomic mass is 10.0. The summed E-state index contributed by atoms with van der Waals surface area (Å²) in [6, 6.07) is -1.29. The Bertz CT molecular complexity index is 252. The first-order valence-corrected chi connectivity index (χ1v) is 5.48. The molecule has 1 fully saturated rings. The maximum Gasteiger partial charge on any atom is 0.253 e. The maximum absolute atomic E-state index is 12.0. The Kier molecular flexibility index (Phi) is 2.67. The van der Waals surface area contributed by atoms with E-state index in [2.05, 4.69) is 0 Å². The first-order chi connectivity index (χ1) is 5.42. The Balaban J connectivity index is 2.58. The maximum atomic E-state index is 12.0. The van der Waals surface area contributed by atoms with Gasteiger partial charge in [0.25, 0.3) is 6.43 Å². The summed E-state index contributed by atoms with van der Waals surface area (Å²) in [6.07, 6.45) is -2.35. The smallest absolute Gasteiger partial charge is 0.253 e. The van der Waals surface area contributed by atoms with Crippen molar-refractivity contribution in [1.82, 2.24) is 0 Å². The van der Waals surface area contributed by atoms with E-state index in [9.17, 15) is 17.2 Å². The van der Waals surface area contributed by atoms with Gasteiger partial charge in [0.2, 0.25) is 0 Å². The number of hydrogen-bond acceptors (Lipinski definition) is 3. The van der Waals surface area contributed by atoms with E-state index in [4.69, 9.17) is 5.73 Å². The molecule has 12 heavy (non-hydrogen) atoms. The highest BCUT2D eigenvalue weighted by molar-refractivity contribution is 7.91. The van der Waals surface area contributed by atoms with Gasteiger partial charge in [0.15, 0.2) is 9.84 Å². The van der Waals surface area contributed by atoms with Crippen molar-refractivity contribution in [3.8, 4) is 0 Å². The number of alkyl halides is 2. The van der Waals surface area contributed by atoms with Gasteiger partial charge in [0, 0.05) is 0 Å². The molecule has 0 saturated carbocycles. The summed E-state index contributed by atoms with van der Waals surface area (Å²) in [6.45, 7) is 0. The summed E-state index contributed by atoms with van der Waals surface area (Å²) in [5.74, 6) is -0.744. The van der Waals surface area contributed by atoms with Crippen LogP contribution in [0.3, 0.4) is 0 Å². The molecule has 2 N–H and O–H groups in total. The molecule has 2 unspecified atom stereocenters. The molecular formula is C6H11F2NO2S. The largest absolute Gasteiger partial charge is 0.323 e. The number of rotatable bonds is 2. The van der Waals surface area contributed by atoms with Crippen LogP contribution in [0.5, 0.6) is 0 Å². The van der Waals surface area contributed by atoms with Crippen LogP contribution in [0.4, 0.5) is 8.78 Å². The Morgan fingerprint density at radius 2 is 2.00 bits per heavy atom. The second-order valence-electron chi connectivity index (χ2n) is 3.07. The minimum atomic E-state index is -3.09. The van der Waals surface area contributed by atoms with Crippen molar-refractivity contribution < 1.29 is 17.2 Å². The van der Waals surface area contributed by atoms with Gasteiger partial charge < -0.3 is 5.73 Å². The molecule has 6 heteroatoms. The molecule has 0 aromatic heterocycles. The Hall–Kier alpha value is -0.230. The van der Waals surface area contributed by atoms with Gasteiger partial charge >= 0.3 is 0 Å². The average Bonchev–Trinajstić information content (AvgIpc) is 2.28. The highest BCUT2D eigenvalue weighted by atomic mass is 32.2. The van der Waals surface area contributed by atoms with Crippen LogP contribution >= 0.6 is 0 Å². The quantitative estimate of drug-likeness (QED) is 0.681. The van der Waals surface area contributed by atoms with Crippen LogP contribution in [0.1, 0.15) is 6.42 Å². The van der Waals surface area contributed by atoms with Gasteiger partial charge in [-0.1, -0.05) is 0 Å². The van der Waals surface area contributed by atoms with E-state index in [1.54, 1.807) is 0 Å². The molecule has 72 valence electrons. The third kappa shape index (κ3) is 2.13. The van der Waals surface area contributed by atoms with E-state index in [0.717, 1.165) is 0 Å². The van der Waals surface area contributed by atoms with Gasteiger partial charge in [-0.2, -0.15) is 0 Å². The van der Waals surface area contributed by atoms with E-state index < -0.39 is 28.2 Å². The van der Waals surface area contributed by atoms with Crippen molar-refractivity contribution in [2.45, 2.75) is 18.9 Å². The predicted molar refractivity (Wildman–Crippen MR) is 40.7 cm³/mol. The van der Waals surface area contributed by atoms with Crippen molar-refractivity contribution in [2.24, 2.45) is 11.7 Å². The highest BCUT2D eigenvalue weighted by Crippen LogP contribution is 2.23. The molecule has 1 aliphatic rings. The highest BCUT2D eigenvalue weighted by Gasteiger charge is 2.35. The van der Waals surface area contributed by atoms with Crippen LogP contribution in [-0.2, 0) is 9.84 Å². The molecule has 1 aliphatic heterocycles. The minimum absolute atomic E-state index is 0.00190. The second-order valence-corrected chi connectivity index (χ2v) is 5.30. The zero-order valence-electron chi connectivity index (χ0n) is 6.41. The van der Waals surface area contributed by atoms with Gasteiger partial charge in [0.05, 0.1) is 17.5 Å². The van der Waals surface area contributed by atoms with E-state index in [-0.39, 0.29) is 17.9 Å². The first-order valence-electron chi connectivity index (χ1n) is 3.66. The van der Waals surface area contributed by atoms with E-state index in [1.807, 2.05) is 0 Å². The van der Waals surface area contributed by atoms with Crippen molar-refractivity contribution in [3.05, 3.63) is 0 Å². The fourth-order valence-corrected chi connectivity index (χ4v) is 3.20. The van der Waals surface area contributed by atoms with Gasteiger partial charge in [-0.15, -0.1) is 0 Å². The summed E-state index contributed by atoms with van der Waals surface area (Å²) < 4.78 is 45.8. The second kappa shape index (κ2) is 3.26. The van der Waals surface area contributed by atoms with Crippen molar-refractivity contribution in [1.29, 1.82) is 0 Å². The minimum Gasteiger partial charge on any atom is -0.323 e. The molecule has 0 aromatic carbocycles. The number of hydrogen-bond donors (Lipinski definition) is 1. The molecule has 1 rings (SSSR count).